The zero-order valence-electron chi connectivity index (χ0n) is 14.8. The SMILES string of the molecule is CCCCCCCCCCCOC(=O)CCNC(=O)C(C)C. The molecule has 0 aromatic carbocycles. The highest BCUT2D eigenvalue weighted by Gasteiger charge is 2.07. The van der Waals surface area contributed by atoms with Gasteiger partial charge in [-0.3, -0.25) is 9.59 Å². The number of hydrogen-bond acceptors (Lipinski definition) is 3. The van der Waals surface area contributed by atoms with Crippen molar-refractivity contribution in [2.75, 3.05) is 13.2 Å². The summed E-state index contributed by atoms with van der Waals surface area (Å²) in [6.45, 7) is 6.77. The minimum atomic E-state index is -0.219. The molecule has 0 aromatic rings. The van der Waals surface area contributed by atoms with Crippen LogP contribution in [0.25, 0.3) is 0 Å². The molecule has 0 unspecified atom stereocenters. The van der Waals surface area contributed by atoms with Crippen molar-refractivity contribution in [2.24, 2.45) is 5.92 Å². The molecule has 0 aliphatic heterocycles. The Kier molecular flexibility index (Phi) is 14.1. The molecule has 130 valence electrons. The zero-order valence-corrected chi connectivity index (χ0v) is 14.8. The minimum absolute atomic E-state index is 0.0215. The average molecular weight is 313 g/mol. The fourth-order valence-corrected chi connectivity index (χ4v) is 2.16. The molecule has 22 heavy (non-hydrogen) atoms. The lowest BCUT2D eigenvalue weighted by molar-refractivity contribution is -0.143. The number of esters is 1. The van der Waals surface area contributed by atoms with E-state index in [1.54, 1.807) is 0 Å². The summed E-state index contributed by atoms with van der Waals surface area (Å²) in [4.78, 5) is 22.8. The zero-order chi connectivity index (χ0) is 16.6. The van der Waals surface area contributed by atoms with Crippen LogP contribution in [0.2, 0.25) is 0 Å². The number of nitrogens with one attached hydrogen (secondary N) is 1. The monoisotopic (exact) mass is 313 g/mol. The molecule has 0 saturated heterocycles. The van der Waals surface area contributed by atoms with Crippen LogP contribution in [0.4, 0.5) is 0 Å². The molecule has 1 N–H and O–H groups in total. The van der Waals surface area contributed by atoms with Crippen LogP contribution >= 0.6 is 0 Å². The van der Waals surface area contributed by atoms with Crippen LogP contribution in [-0.4, -0.2) is 25.0 Å². The molecule has 1 amide bonds. The van der Waals surface area contributed by atoms with Gasteiger partial charge in [0.15, 0.2) is 0 Å². The number of carbonyl (C=O) groups excluding carboxylic acids is 2. The molecule has 0 radical (unpaired) electrons. The molecule has 0 atom stereocenters. The molecular weight excluding hydrogens is 278 g/mol. The predicted molar refractivity (Wildman–Crippen MR) is 90.7 cm³/mol. The van der Waals surface area contributed by atoms with E-state index < -0.39 is 0 Å². The summed E-state index contributed by atoms with van der Waals surface area (Å²) < 4.78 is 5.15. The molecule has 0 bridgehead atoms. The van der Waals surface area contributed by atoms with E-state index in [2.05, 4.69) is 12.2 Å². The second-order valence-electron chi connectivity index (χ2n) is 6.24. The highest BCUT2D eigenvalue weighted by Crippen LogP contribution is 2.09. The summed E-state index contributed by atoms with van der Waals surface area (Å²) >= 11 is 0. The summed E-state index contributed by atoms with van der Waals surface area (Å²) in [5.74, 6) is -0.284. The van der Waals surface area contributed by atoms with Crippen LogP contribution < -0.4 is 5.32 Å². The molecule has 0 aliphatic carbocycles. The number of rotatable bonds is 14. The van der Waals surface area contributed by atoms with Gasteiger partial charge in [-0.15, -0.1) is 0 Å². The second-order valence-corrected chi connectivity index (χ2v) is 6.24. The molecule has 4 heteroatoms. The number of hydrogen-bond donors (Lipinski definition) is 1. The summed E-state index contributed by atoms with van der Waals surface area (Å²) in [6.07, 6.45) is 11.6. The Morgan fingerprint density at radius 2 is 1.45 bits per heavy atom. The van der Waals surface area contributed by atoms with E-state index in [0.717, 1.165) is 12.8 Å². The summed E-state index contributed by atoms with van der Waals surface area (Å²) in [5, 5.41) is 2.71. The van der Waals surface area contributed by atoms with Crippen molar-refractivity contribution in [2.45, 2.75) is 85.0 Å². The second kappa shape index (κ2) is 14.9. The Hall–Kier alpha value is -1.06. The van der Waals surface area contributed by atoms with Gasteiger partial charge in [0, 0.05) is 12.5 Å². The molecule has 0 spiro atoms. The van der Waals surface area contributed by atoms with E-state index in [0.29, 0.717) is 13.2 Å². The van der Waals surface area contributed by atoms with E-state index >= 15 is 0 Å². The first kappa shape index (κ1) is 20.9. The van der Waals surface area contributed by atoms with Crippen molar-refractivity contribution in [3.05, 3.63) is 0 Å². The van der Waals surface area contributed by atoms with E-state index in [1.807, 2.05) is 13.8 Å². The lowest BCUT2D eigenvalue weighted by Crippen LogP contribution is -2.30. The first-order valence-corrected chi connectivity index (χ1v) is 9.01. The van der Waals surface area contributed by atoms with E-state index in [4.69, 9.17) is 4.74 Å². The highest BCUT2D eigenvalue weighted by molar-refractivity contribution is 5.78. The van der Waals surface area contributed by atoms with E-state index in [1.165, 1.54) is 44.9 Å². The van der Waals surface area contributed by atoms with Gasteiger partial charge in [-0.25, -0.2) is 0 Å². The van der Waals surface area contributed by atoms with Crippen molar-refractivity contribution in [1.29, 1.82) is 0 Å². The van der Waals surface area contributed by atoms with E-state index in [-0.39, 0.29) is 24.2 Å². The topological polar surface area (TPSA) is 55.4 Å². The normalized spacial score (nSPS) is 10.7. The Bertz CT molecular complexity index is 290. The molecule has 0 fully saturated rings. The third-order valence-electron chi connectivity index (χ3n) is 3.66. The first-order valence-electron chi connectivity index (χ1n) is 9.01. The van der Waals surface area contributed by atoms with Gasteiger partial charge in [0.2, 0.25) is 5.91 Å². The van der Waals surface area contributed by atoms with E-state index in [9.17, 15) is 9.59 Å². The number of carbonyl (C=O) groups is 2. The number of ether oxygens (including phenoxy) is 1. The molecule has 0 heterocycles. The molecule has 0 aliphatic rings. The standard InChI is InChI=1S/C18H35NO3/c1-4-5-6-7-8-9-10-11-12-15-22-17(20)13-14-19-18(21)16(2)3/h16H,4-15H2,1-3H3,(H,19,21). The predicted octanol–water partition coefficient (Wildman–Crippen LogP) is 4.22. The lowest BCUT2D eigenvalue weighted by Gasteiger charge is -2.08. The van der Waals surface area contributed by atoms with Crippen molar-refractivity contribution < 1.29 is 14.3 Å². The summed E-state index contributed by atoms with van der Waals surface area (Å²) in [7, 11) is 0. The largest absolute Gasteiger partial charge is 0.466 e. The fraction of sp³-hybridized carbons (Fsp3) is 0.889. The maximum atomic E-state index is 11.5. The smallest absolute Gasteiger partial charge is 0.307 e. The Morgan fingerprint density at radius 3 is 2.00 bits per heavy atom. The van der Waals surface area contributed by atoms with Gasteiger partial charge in [0.05, 0.1) is 13.0 Å². The number of unbranched alkanes of at least 4 members (excludes halogenated alkanes) is 8. The molecular formula is C18H35NO3. The van der Waals surface area contributed by atoms with Crippen molar-refractivity contribution in [3.8, 4) is 0 Å². The molecule has 4 nitrogen and oxygen atoms in total. The first-order chi connectivity index (χ1) is 10.6. The van der Waals surface area contributed by atoms with Crippen LogP contribution in [-0.2, 0) is 14.3 Å². The van der Waals surface area contributed by atoms with Crippen molar-refractivity contribution in [3.63, 3.8) is 0 Å². The Labute approximate surface area is 136 Å². The van der Waals surface area contributed by atoms with Crippen LogP contribution in [0.15, 0.2) is 0 Å². The molecule has 0 rings (SSSR count). The van der Waals surface area contributed by atoms with Gasteiger partial charge in [0.1, 0.15) is 0 Å². The summed E-state index contributed by atoms with van der Waals surface area (Å²) in [6, 6.07) is 0. The average Bonchev–Trinajstić information content (AvgIpc) is 2.49. The van der Waals surface area contributed by atoms with Crippen LogP contribution in [0.1, 0.15) is 85.0 Å². The Morgan fingerprint density at radius 1 is 0.909 bits per heavy atom. The van der Waals surface area contributed by atoms with Crippen molar-refractivity contribution >= 4 is 11.9 Å². The maximum Gasteiger partial charge on any atom is 0.307 e. The van der Waals surface area contributed by atoms with Crippen LogP contribution in [0, 0.1) is 5.92 Å². The minimum Gasteiger partial charge on any atom is -0.466 e. The van der Waals surface area contributed by atoms with Crippen LogP contribution in [0.5, 0.6) is 0 Å². The van der Waals surface area contributed by atoms with Crippen molar-refractivity contribution in [1.82, 2.24) is 5.32 Å². The lowest BCUT2D eigenvalue weighted by atomic mass is 10.1. The quantitative estimate of drug-likeness (QED) is 0.386. The third kappa shape index (κ3) is 13.9. The summed E-state index contributed by atoms with van der Waals surface area (Å²) in [5.41, 5.74) is 0. The third-order valence-corrected chi connectivity index (χ3v) is 3.66. The van der Waals surface area contributed by atoms with Gasteiger partial charge in [-0.2, -0.15) is 0 Å². The van der Waals surface area contributed by atoms with Gasteiger partial charge in [-0.05, 0) is 6.42 Å². The van der Waals surface area contributed by atoms with Gasteiger partial charge in [0.25, 0.3) is 0 Å². The fourth-order valence-electron chi connectivity index (χ4n) is 2.16. The van der Waals surface area contributed by atoms with Gasteiger partial charge < -0.3 is 10.1 Å². The van der Waals surface area contributed by atoms with Gasteiger partial charge >= 0.3 is 5.97 Å². The highest BCUT2D eigenvalue weighted by atomic mass is 16.5. The number of amides is 1. The van der Waals surface area contributed by atoms with Crippen LogP contribution in [0.3, 0.4) is 0 Å². The maximum absolute atomic E-state index is 11.5. The van der Waals surface area contributed by atoms with Gasteiger partial charge in [-0.1, -0.05) is 72.1 Å². The Balaban J connectivity index is 3.27. The molecule has 0 saturated carbocycles. The molecule has 0 aromatic heterocycles.